The van der Waals surface area contributed by atoms with Crippen molar-refractivity contribution in [2.24, 2.45) is 0 Å². The number of carbonyl (C=O) groups is 1. The Kier molecular flexibility index (Phi) is 5.91. The van der Waals surface area contributed by atoms with Gasteiger partial charge in [0.2, 0.25) is 0 Å². The molecule has 2 aromatic heterocycles. The van der Waals surface area contributed by atoms with Crippen LogP contribution < -0.4 is 10.0 Å². The molecule has 0 unspecified atom stereocenters. The molecule has 1 amide bonds. The summed E-state index contributed by atoms with van der Waals surface area (Å²) in [6.45, 7) is 0.567. The molecule has 1 aliphatic carbocycles. The lowest BCUT2D eigenvalue weighted by Gasteiger charge is -2.16. The van der Waals surface area contributed by atoms with Gasteiger partial charge in [-0.05, 0) is 25.5 Å². The molecule has 1 saturated carbocycles. The number of thioether (sulfide) groups is 1. The smallest absolute Gasteiger partial charge is 0.251 e. The maximum Gasteiger partial charge on any atom is 0.251 e. The van der Waals surface area contributed by atoms with Gasteiger partial charge in [-0.2, -0.15) is 4.73 Å². The Labute approximate surface area is 151 Å². The van der Waals surface area contributed by atoms with Crippen LogP contribution in [0.2, 0.25) is 0 Å². The van der Waals surface area contributed by atoms with Gasteiger partial charge in [0, 0.05) is 31.1 Å². The summed E-state index contributed by atoms with van der Waals surface area (Å²) in [4.78, 5) is 12.0. The van der Waals surface area contributed by atoms with Crippen LogP contribution in [0.25, 0.3) is 0 Å². The highest BCUT2D eigenvalue weighted by atomic mass is 32.2. The number of pyridine rings is 1. The molecule has 8 heteroatoms. The SMILES string of the molecule is CSc1nnc(CCCNC(=O)c2cc[n+]([O-])cc2)n1C1CCCC1. The molecule has 0 atom stereocenters. The first kappa shape index (κ1) is 17.7. The summed E-state index contributed by atoms with van der Waals surface area (Å²) >= 11 is 1.64. The fourth-order valence-electron chi connectivity index (χ4n) is 3.26. The predicted octanol–water partition coefficient (Wildman–Crippen LogP) is 2.11. The summed E-state index contributed by atoms with van der Waals surface area (Å²) < 4.78 is 2.96. The highest BCUT2D eigenvalue weighted by Crippen LogP contribution is 2.33. The van der Waals surface area contributed by atoms with E-state index in [4.69, 9.17) is 0 Å². The minimum Gasteiger partial charge on any atom is -0.619 e. The number of rotatable bonds is 7. The predicted molar refractivity (Wildman–Crippen MR) is 95.4 cm³/mol. The van der Waals surface area contributed by atoms with Gasteiger partial charge in [-0.3, -0.25) is 4.79 Å². The molecular formula is C17H23N5O2S. The Balaban J connectivity index is 1.53. The van der Waals surface area contributed by atoms with E-state index in [9.17, 15) is 10.0 Å². The number of nitrogens with one attached hydrogen (secondary N) is 1. The Hall–Kier alpha value is -2.09. The Morgan fingerprint density at radius 1 is 1.36 bits per heavy atom. The molecule has 0 saturated heterocycles. The highest BCUT2D eigenvalue weighted by molar-refractivity contribution is 7.98. The maximum absolute atomic E-state index is 12.0. The first-order valence-electron chi connectivity index (χ1n) is 8.64. The number of hydrogen-bond acceptors (Lipinski definition) is 5. The van der Waals surface area contributed by atoms with Crippen molar-refractivity contribution >= 4 is 17.7 Å². The van der Waals surface area contributed by atoms with Gasteiger partial charge in [0.1, 0.15) is 5.82 Å². The van der Waals surface area contributed by atoms with Crippen molar-refractivity contribution in [2.75, 3.05) is 12.8 Å². The summed E-state index contributed by atoms with van der Waals surface area (Å²) in [7, 11) is 0. The average molecular weight is 361 g/mol. The molecule has 3 rings (SSSR count). The highest BCUT2D eigenvalue weighted by Gasteiger charge is 2.23. The molecule has 134 valence electrons. The van der Waals surface area contributed by atoms with Crippen LogP contribution in [0.15, 0.2) is 29.7 Å². The van der Waals surface area contributed by atoms with Gasteiger partial charge in [-0.15, -0.1) is 10.2 Å². The molecule has 1 aliphatic rings. The molecular weight excluding hydrogens is 338 g/mol. The first-order valence-corrected chi connectivity index (χ1v) is 9.86. The third kappa shape index (κ3) is 4.31. The van der Waals surface area contributed by atoms with Crippen molar-refractivity contribution in [3.05, 3.63) is 41.1 Å². The number of hydrogen-bond donors (Lipinski definition) is 1. The Morgan fingerprint density at radius 2 is 2.08 bits per heavy atom. The van der Waals surface area contributed by atoms with Crippen LogP contribution in [0.3, 0.4) is 0 Å². The fraction of sp³-hybridized carbons (Fsp3) is 0.529. The minimum atomic E-state index is -0.164. The van der Waals surface area contributed by atoms with E-state index in [1.54, 1.807) is 11.8 Å². The summed E-state index contributed by atoms with van der Waals surface area (Å²) in [5, 5.41) is 23.5. The van der Waals surface area contributed by atoms with Gasteiger partial charge < -0.3 is 15.1 Å². The van der Waals surface area contributed by atoms with Crippen molar-refractivity contribution < 1.29 is 9.52 Å². The maximum atomic E-state index is 12.0. The van der Waals surface area contributed by atoms with E-state index in [2.05, 4.69) is 20.1 Å². The van der Waals surface area contributed by atoms with E-state index in [0.29, 0.717) is 22.9 Å². The van der Waals surface area contributed by atoms with E-state index in [1.807, 2.05) is 6.26 Å². The van der Waals surface area contributed by atoms with Crippen LogP contribution in [-0.2, 0) is 6.42 Å². The molecule has 1 N–H and O–H groups in total. The number of carbonyl (C=O) groups excluding carboxylic acids is 1. The first-order chi connectivity index (χ1) is 12.2. The molecule has 2 aromatic rings. The average Bonchev–Trinajstić information content (AvgIpc) is 3.28. The lowest BCUT2D eigenvalue weighted by molar-refractivity contribution is -0.605. The summed E-state index contributed by atoms with van der Waals surface area (Å²) in [6, 6.07) is 3.55. The molecule has 1 fully saturated rings. The summed E-state index contributed by atoms with van der Waals surface area (Å²) in [6.07, 6.45) is 11.2. The van der Waals surface area contributed by atoms with Crippen LogP contribution in [0.1, 0.15) is 54.3 Å². The van der Waals surface area contributed by atoms with Gasteiger partial charge in [0.15, 0.2) is 17.6 Å². The molecule has 25 heavy (non-hydrogen) atoms. The molecule has 0 bridgehead atoms. The standard InChI is InChI=1S/C17H23N5O2S/c1-25-17-20-19-15(22(17)14-5-2-3-6-14)7-4-10-18-16(23)13-8-11-21(24)12-9-13/h8-9,11-12,14H,2-7,10H2,1H3,(H,18,23). The lowest BCUT2D eigenvalue weighted by atomic mass is 10.2. The van der Waals surface area contributed by atoms with E-state index in [0.717, 1.165) is 23.8 Å². The third-order valence-electron chi connectivity index (χ3n) is 4.53. The number of amides is 1. The van der Waals surface area contributed by atoms with E-state index >= 15 is 0 Å². The third-order valence-corrected chi connectivity index (χ3v) is 5.18. The van der Waals surface area contributed by atoms with Crippen molar-refractivity contribution in [3.63, 3.8) is 0 Å². The molecule has 0 spiro atoms. The van der Waals surface area contributed by atoms with Gasteiger partial charge >= 0.3 is 0 Å². The normalized spacial score (nSPS) is 14.8. The molecule has 0 radical (unpaired) electrons. The van der Waals surface area contributed by atoms with Crippen LogP contribution in [0.5, 0.6) is 0 Å². The second-order valence-electron chi connectivity index (χ2n) is 6.22. The van der Waals surface area contributed by atoms with E-state index < -0.39 is 0 Å². The van der Waals surface area contributed by atoms with Crippen molar-refractivity contribution in [3.8, 4) is 0 Å². The quantitative estimate of drug-likeness (QED) is 0.353. The van der Waals surface area contributed by atoms with E-state index in [-0.39, 0.29) is 5.91 Å². The van der Waals surface area contributed by atoms with Crippen molar-refractivity contribution in [1.29, 1.82) is 0 Å². The molecule has 2 heterocycles. The fourth-order valence-corrected chi connectivity index (χ4v) is 3.83. The van der Waals surface area contributed by atoms with Gasteiger partial charge in [0.25, 0.3) is 5.91 Å². The Bertz CT molecular complexity index is 710. The van der Waals surface area contributed by atoms with Gasteiger partial charge in [-0.25, -0.2) is 0 Å². The molecule has 0 aliphatic heterocycles. The lowest BCUT2D eigenvalue weighted by Crippen LogP contribution is -2.28. The zero-order valence-corrected chi connectivity index (χ0v) is 15.2. The second kappa shape index (κ2) is 8.33. The molecule has 7 nitrogen and oxygen atoms in total. The number of aromatic nitrogens is 4. The van der Waals surface area contributed by atoms with Gasteiger partial charge in [0.05, 0.1) is 5.56 Å². The van der Waals surface area contributed by atoms with Crippen LogP contribution in [0, 0.1) is 5.21 Å². The van der Waals surface area contributed by atoms with Crippen molar-refractivity contribution in [2.45, 2.75) is 49.7 Å². The zero-order valence-electron chi connectivity index (χ0n) is 14.4. The van der Waals surface area contributed by atoms with Crippen LogP contribution in [0.4, 0.5) is 0 Å². The van der Waals surface area contributed by atoms with E-state index in [1.165, 1.54) is 50.2 Å². The topological polar surface area (TPSA) is 86.8 Å². The summed E-state index contributed by atoms with van der Waals surface area (Å²) in [5.74, 6) is 0.847. The minimum absolute atomic E-state index is 0.164. The largest absolute Gasteiger partial charge is 0.619 e. The zero-order chi connectivity index (χ0) is 17.6. The Morgan fingerprint density at radius 3 is 2.76 bits per heavy atom. The second-order valence-corrected chi connectivity index (χ2v) is 6.99. The number of aryl methyl sites for hydroxylation is 1. The van der Waals surface area contributed by atoms with Crippen molar-refractivity contribution in [1.82, 2.24) is 20.1 Å². The monoisotopic (exact) mass is 361 g/mol. The molecule has 0 aromatic carbocycles. The van der Waals surface area contributed by atoms with Crippen LogP contribution in [-0.4, -0.2) is 33.5 Å². The summed E-state index contributed by atoms with van der Waals surface area (Å²) in [5.41, 5.74) is 0.492. The van der Waals surface area contributed by atoms with Crippen LogP contribution >= 0.6 is 11.8 Å². The number of nitrogens with zero attached hydrogens (tertiary/aromatic N) is 4. The van der Waals surface area contributed by atoms with Gasteiger partial charge in [-0.1, -0.05) is 24.6 Å².